The van der Waals surface area contributed by atoms with Crippen molar-refractivity contribution in [3.05, 3.63) is 95.1 Å². The van der Waals surface area contributed by atoms with Gasteiger partial charge >= 0.3 is 0 Å². The highest BCUT2D eigenvalue weighted by molar-refractivity contribution is 5.95. The molecule has 0 saturated heterocycles. The highest BCUT2D eigenvalue weighted by atomic mass is 16.5. The van der Waals surface area contributed by atoms with E-state index in [-0.39, 0.29) is 5.91 Å². The largest absolute Gasteiger partial charge is 0.493 e. The lowest BCUT2D eigenvalue weighted by Gasteiger charge is -2.12. The van der Waals surface area contributed by atoms with E-state index >= 15 is 0 Å². The molecule has 138 valence electrons. The van der Waals surface area contributed by atoms with Crippen molar-refractivity contribution in [1.29, 1.82) is 0 Å². The zero-order chi connectivity index (χ0) is 19.1. The van der Waals surface area contributed by atoms with Crippen molar-refractivity contribution in [3.8, 4) is 11.5 Å². The molecule has 4 heteroatoms. The first-order valence-electron chi connectivity index (χ1n) is 8.82. The maximum absolute atomic E-state index is 12.7. The highest BCUT2D eigenvalue weighted by Gasteiger charge is 2.12. The van der Waals surface area contributed by atoms with Gasteiger partial charge in [-0.25, -0.2) is 0 Å². The van der Waals surface area contributed by atoms with Crippen LogP contribution in [0, 0.1) is 0 Å². The third-order valence-corrected chi connectivity index (χ3v) is 4.40. The molecular weight excluding hydrogens is 338 g/mol. The van der Waals surface area contributed by atoms with Crippen LogP contribution in [0.2, 0.25) is 0 Å². The predicted molar refractivity (Wildman–Crippen MR) is 106 cm³/mol. The van der Waals surface area contributed by atoms with Gasteiger partial charge in [-0.05, 0) is 41.3 Å². The lowest BCUT2D eigenvalue weighted by molar-refractivity contribution is 0.0950. The van der Waals surface area contributed by atoms with Crippen LogP contribution in [0.3, 0.4) is 0 Å². The third kappa shape index (κ3) is 4.67. The number of carbonyl (C=O) groups is 1. The summed E-state index contributed by atoms with van der Waals surface area (Å²) in [7, 11) is 3.20. The Labute approximate surface area is 159 Å². The molecule has 27 heavy (non-hydrogen) atoms. The number of hydrogen-bond donors (Lipinski definition) is 1. The summed E-state index contributed by atoms with van der Waals surface area (Å²) in [6, 6.07) is 23.5. The molecule has 0 spiro atoms. The molecule has 0 heterocycles. The molecule has 0 fully saturated rings. The van der Waals surface area contributed by atoms with Crippen molar-refractivity contribution in [1.82, 2.24) is 5.32 Å². The van der Waals surface area contributed by atoms with Crippen LogP contribution in [0.1, 0.15) is 27.0 Å². The van der Waals surface area contributed by atoms with Gasteiger partial charge in [0, 0.05) is 12.1 Å². The molecule has 4 nitrogen and oxygen atoms in total. The van der Waals surface area contributed by atoms with Crippen LogP contribution in [0.5, 0.6) is 11.5 Å². The van der Waals surface area contributed by atoms with E-state index in [0.717, 1.165) is 17.5 Å². The van der Waals surface area contributed by atoms with Crippen LogP contribution in [-0.2, 0) is 13.0 Å². The summed E-state index contributed by atoms with van der Waals surface area (Å²) < 4.78 is 10.6. The Morgan fingerprint density at radius 1 is 0.815 bits per heavy atom. The Bertz CT molecular complexity index is 907. The fourth-order valence-electron chi connectivity index (χ4n) is 2.98. The van der Waals surface area contributed by atoms with E-state index in [0.29, 0.717) is 23.6 Å². The van der Waals surface area contributed by atoms with Crippen LogP contribution >= 0.6 is 0 Å². The smallest absolute Gasteiger partial charge is 0.251 e. The number of benzene rings is 3. The maximum atomic E-state index is 12.7. The van der Waals surface area contributed by atoms with Gasteiger partial charge < -0.3 is 14.8 Å². The van der Waals surface area contributed by atoms with Crippen molar-refractivity contribution in [3.63, 3.8) is 0 Å². The minimum Gasteiger partial charge on any atom is -0.493 e. The van der Waals surface area contributed by atoms with Crippen molar-refractivity contribution in [2.45, 2.75) is 13.0 Å². The fraction of sp³-hybridized carbons (Fsp3) is 0.174. The number of carbonyl (C=O) groups excluding carboxylic acids is 1. The average molecular weight is 361 g/mol. The van der Waals surface area contributed by atoms with E-state index in [1.165, 1.54) is 5.56 Å². The standard InChI is InChI=1S/C23H23NO3/c1-26-21-13-12-18(15-22(21)27-2)16-24-23(25)20-11-7-6-10-19(20)14-17-8-4-3-5-9-17/h3-13,15H,14,16H2,1-2H3,(H,24,25). The Balaban J connectivity index is 1.72. The van der Waals surface area contributed by atoms with Gasteiger partial charge in [-0.1, -0.05) is 54.6 Å². The number of hydrogen-bond acceptors (Lipinski definition) is 3. The molecule has 0 radical (unpaired) electrons. The Kier molecular flexibility index (Phi) is 6.10. The molecule has 0 aliphatic heterocycles. The maximum Gasteiger partial charge on any atom is 0.251 e. The molecule has 0 aliphatic carbocycles. The van der Waals surface area contributed by atoms with Crippen molar-refractivity contribution in [2.24, 2.45) is 0 Å². The second-order valence-electron chi connectivity index (χ2n) is 6.19. The summed E-state index contributed by atoms with van der Waals surface area (Å²) in [5.41, 5.74) is 3.83. The van der Waals surface area contributed by atoms with Crippen LogP contribution in [0.15, 0.2) is 72.8 Å². The molecule has 1 N–H and O–H groups in total. The number of methoxy groups -OCH3 is 2. The minimum absolute atomic E-state index is 0.0867. The normalized spacial score (nSPS) is 10.3. The second kappa shape index (κ2) is 8.90. The summed E-state index contributed by atoms with van der Waals surface area (Å²) >= 11 is 0. The van der Waals surface area contributed by atoms with E-state index < -0.39 is 0 Å². The Hall–Kier alpha value is -3.27. The molecule has 0 aliphatic rings. The highest BCUT2D eigenvalue weighted by Crippen LogP contribution is 2.27. The first kappa shape index (κ1) is 18.5. The molecule has 0 unspecified atom stereocenters. The Morgan fingerprint density at radius 3 is 2.26 bits per heavy atom. The molecule has 0 bridgehead atoms. The summed E-state index contributed by atoms with van der Waals surface area (Å²) in [5.74, 6) is 1.23. The predicted octanol–water partition coefficient (Wildman–Crippen LogP) is 4.22. The summed E-state index contributed by atoms with van der Waals surface area (Å²) in [6.07, 6.45) is 0.723. The van der Waals surface area contributed by atoms with Gasteiger partial charge in [0.25, 0.3) is 5.91 Å². The van der Waals surface area contributed by atoms with Gasteiger partial charge in [-0.15, -0.1) is 0 Å². The second-order valence-corrected chi connectivity index (χ2v) is 6.19. The van der Waals surface area contributed by atoms with E-state index in [2.05, 4.69) is 17.4 Å². The van der Waals surface area contributed by atoms with Gasteiger partial charge in [0.2, 0.25) is 0 Å². The molecule has 0 saturated carbocycles. The number of rotatable bonds is 7. The number of amides is 1. The SMILES string of the molecule is COc1ccc(CNC(=O)c2ccccc2Cc2ccccc2)cc1OC. The molecule has 3 rings (SSSR count). The molecule has 3 aromatic rings. The van der Waals surface area contributed by atoms with Crippen molar-refractivity contribution in [2.75, 3.05) is 14.2 Å². The summed E-state index contributed by atoms with van der Waals surface area (Å²) in [6.45, 7) is 0.416. The van der Waals surface area contributed by atoms with Gasteiger partial charge in [-0.3, -0.25) is 4.79 Å². The summed E-state index contributed by atoms with van der Waals surface area (Å²) in [5, 5.41) is 2.99. The fourth-order valence-corrected chi connectivity index (χ4v) is 2.98. The number of nitrogens with one attached hydrogen (secondary N) is 1. The zero-order valence-electron chi connectivity index (χ0n) is 15.6. The molecule has 0 aromatic heterocycles. The molecule has 1 amide bonds. The van der Waals surface area contributed by atoms with E-state index in [1.807, 2.05) is 60.7 Å². The first-order valence-corrected chi connectivity index (χ1v) is 8.82. The topological polar surface area (TPSA) is 47.6 Å². The average Bonchev–Trinajstić information content (AvgIpc) is 2.73. The van der Waals surface area contributed by atoms with Crippen LogP contribution < -0.4 is 14.8 Å². The van der Waals surface area contributed by atoms with E-state index in [4.69, 9.17) is 9.47 Å². The van der Waals surface area contributed by atoms with Gasteiger partial charge in [0.1, 0.15) is 0 Å². The van der Waals surface area contributed by atoms with Crippen molar-refractivity contribution >= 4 is 5.91 Å². The van der Waals surface area contributed by atoms with E-state index in [9.17, 15) is 4.79 Å². The van der Waals surface area contributed by atoms with E-state index in [1.54, 1.807) is 14.2 Å². The molecule has 3 aromatic carbocycles. The zero-order valence-corrected chi connectivity index (χ0v) is 15.6. The lowest BCUT2D eigenvalue weighted by atomic mass is 9.99. The third-order valence-electron chi connectivity index (χ3n) is 4.40. The molecule has 0 atom stereocenters. The molecular formula is C23H23NO3. The van der Waals surface area contributed by atoms with Crippen LogP contribution in [-0.4, -0.2) is 20.1 Å². The van der Waals surface area contributed by atoms with Crippen LogP contribution in [0.25, 0.3) is 0 Å². The first-order chi connectivity index (χ1) is 13.2. The monoisotopic (exact) mass is 361 g/mol. The van der Waals surface area contributed by atoms with Gasteiger partial charge in [0.05, 0.1) is 14.2 Å². The van der Waals surface area contributed by atoms with Crippen molar-refractivity contribution < 1.29 is 14.3 Å². The van der Waals surface area contributed by atoms with Gasteiger partial charge in [0.15, 0.2) is 11.5 Å². The lowest BCUT2D eigenvalue weighted by Crippen LogP contribution is -2.24. The number of ether oxygens (including phenoxy) is 2. The quantitative estimate of drug-likeness (QED) is 0.685. The summed E-state index contributed by atoms with van der Waals surface area (Å²) in [4.78, 5) is 12.7. The Morgan fingerprint density at radius 2 is 1.52 bits per heavy atom. The van der Waals surface area contributed by atoms with Gasteiger partial charge in [-0.2, -0.15) is 0 Å². The minimum atomic E-state index is -0.0867. The van der Waals surface area contributed by atoms with Crippen LogP contribution in [0.4, 0.5) is 0 Å².